The van der Waals surface area contributed by atoms with Gasteiger partial charge >= 0.3 is 0 Å². The number of hydrogen-bond donors (Lipinski definition) is 0. The van der Waals surface area contributed by atoms with E-state index in [1.807, 2.05) is 0 Å². The number of benzene rings is 2. The minimum absolute atomic E-state index is 0.0406. The van der Waals surface area contributed by atoms with Crippen molar-refractivity contribution in [3.8, 4) is 5.75 Å². The van der Waals surface area contributed by atoms with Crippen molar-refractivity contribution in [1.29, 1.82) is 0 Å². The maximum Gasteiger partial charge on any atom is 0.167 e. The molecule has 2 aromatic carbocycles. The molecule has 0 fully saturated rings. The Kier molecular flexibility index (Phi) is 6.18. The summed E-state index contributed by atoms with van der Waals surface area (Å²) >= 11 is 0. The molecular weight excluding hydrogens is 317 g/mol. The molecule has 0 amide bonds. The zero-order chi connectivity index (χ0) is 17.5. The first-order chi connectivity index (χ1) is 11.5. The molecule has 0 N–H and O–H groups in total. The van der Waals surface area contributed by atoms with Gasteiger partial charge in [-0.2, -0.15) is 0 Å². The van der Waals surface area contributed by atoms with E-state index in [0.29, 0.717) is 23.9 Å². The lowest BCUT2D eigenvalue weighted by atomic mass is 10.0. The van der Waals surface area contributed by atoms with Crippen LogP contribution in [0.25, 0.3) is 0 Å². The summed E-state index contributed by atoms with van der Waals surface area (Å²) in [5.74, 6) is -1.40. The molecule has 0 atom stereocenters. The highest BCUT2D eigenvalue weighted by atomic mass is 19.1. The highest BCUT2D eigenvalue weighted by Gasteiger charge is 2.12. The topological polar surface area (TPSA) is 26.3 Å². The van der Waals surface area contributed by atoms with Crippen LogP contribution >= 0.6 is 0 Å². The van der Waals surface area contributed by atoms with Crippen LogP contribution < -0.4 is 4.74 Å². The third kappa shape index (κ3) is 4.72. The standard InChI is InChI=1S/C19H17F3O2/c1-2-13(11-20)12-24-19-8-5-15(10-17(19)22)18(23)9-14-3-6-16(21)7-4-14/h3-8,10-11H,2,9,12H2,1H3. The number of halogens is 3. The molecule has 0 bridgehead atoms. The van der Waals surface area contributed by atoms with Gasteiger partial charge in [0, 0.05) is 12.0 Å². The largest absolute Gasteiger partial charge is 0.486 e. The first kappa shape index (κ1) is 17.8. The second kappa shape index (κ2) is 8.34. The highest BCUT2D eigenvalue weighted by Crippen LogP contribution is 2.20. The Morgan fingerprint density at radius 1 is 1.12 bits per heavy atom. The van der Waals surface area contributed by atoms with Crippen LogP contribution in [0.1, 0.15) is 29.3 Å². The lowest BCUT2D eigenvalue weighted by Gasteiger charge is -2.09. The van der Waals surface area contributed by atoms with Gasteiger partial charge in [0.15, 0.2) is 17.3 Å². The molecule has 0 spiro atoms. The maximum absolute atomic E-state index is 14.0. The van der Waals surface area contributed by atoms with Gasteiger partial charge in [-0.05, 0) is 47.9 Å². The second-order valence-electron chi connectivity index (χ2n) is 5.28. The molecule has 2 nitrogen and oxygen atoms in total. The van der Waals surface area contributed by atoms with E-state index in [2.05, 4.69) is 0 Å². The predicted molar refractivity (Wildman–Crippen MR) is 85.8 cm³/mol. The van der Waals surface area contributed by atoms with Crippen LogP contribution in [0, 0.1) is 11.6 Å². The van der Waals surface area contributed by atoms with Crippen molar-refractivity contribution in [3.05, 3.63) is 77.1 Å². The Morgan fingerprint density at radius 3 is 2.42 bits per heavy atom. The summed E-state index contributed by atoms with van der Waals surface area (Å²) in [6, 6.07) is 9.45. The van der Waals surface area contributed by atoms with E-state index < -0.39 is 5.82 Å². The van der Waals surface area contributed by atoms with E-state index >= 15 is 0 Å². The molecule has 5 heteroatoms. The van der Waals surface area contributed by atoms with E-state index in [1.54, 1.807) is 6.92 Å². The fourth-order valence-electron chi connectivity index (χ4n) is 2.06. The van der Waals surface area contributed by atoms with Crippen molar-refractivity contribution in [2.75, 3.05) is 6.61 Å². The third-order valence-corrected chi connectivity index (χ3v) is 3.55. The molecule has 126 valence electrons. The van der Waals surface area contributed by atoms with Gasteiger partial charge in [0.2, 0.25) is 0 Å². The number of carbonyl (C=O) groups is 1. The highest BCUT2D eigenvalue weighted by molar-refractivity contribution is 5.97. The summed E-state index contributed by atoms with van der Waals surface area (Å²) in [6.45, 7) is 1.72. The molecule has 0 unspecified atom stereocenters. The molecule has 2 aromatic rings. The summed E-state index contributed by atoms with van der Waals surface area (Å²) in [4.78, 5) is 12.2. The van der Waals surface area contributed by atoms with Gasteiger partial charge in [0.25, 0.3) is 0 Å². The first-order valence-electron chi connectivity index (χ1n) is 7.51. The minimum atomic E-state index is -0.686. The van der Waals surface area contributed by atoms with Crippen molar-refractivity contribution in [1.82, 2.24) is 0 Å². The van der Waals surface area contributed by atoms with Crippen molar-refractivity contribution in [3.63, 3.8) is 0 Å². The lowest BCUT2D eigenvalue weighted by molar-refractivity contribution is 0.0992. The van der Waals surface area contributed by atoms with Gasteiger partial charge in [-0.25, -0.2) is 13.2 Å². The van der Waals surface area contributed by atoms with E-state index in [9.17, 15) is 18.0 Å². The number of hydrogen-bond acceptors (Lipinski definition) is 2. The summed E-state index contributed by atoms with van der Waals surface area (Å²) in [7, 11) is 0. The lowest BCUT2D eigenvalue weighted by Crippen LogP contribution is -2.06. The summed E-state index contributed by atoms with van der Waals surface area (Å²) < 4.78 is 44.5. The summed E-state index contributed by atoms with van der Waals surface area (Å²) in [5.41, 5.74) is 1.24. The van der Waals surface area contributed by atoms with E-state index in [0.717, 1.165) is 6.07 Å². The number of ether oxygens (including phenoxy) is 1. The number of carbonyl (C=O) groups excluding carboxylic acids is 1. The summed E-state index contributed by atoms with van der Waals surface area (Å²) in [6.07, 6.45) is 0.954. The molecule has 0 radical (unpaired) electrons. The van der Waals surface area contributed by atoms with E-state index in [1.165, 1.54) is 36.4 Å². The molecular formula is C19H17F3O2. The van der Waals surface area contributed by atoms with Crippen LogP contribution in [0.5, 0.6) is 5.75 Å². The zero-order valence-electron chi connectivity index (χ0n) is 13.2. The van der Waals surface area contributed by atoms with Crippen LogP contribution in [0.15, 0.2) is 54.4 Å². The van der Waals surface area contributed by atoms with Gasteiger partial charge in [-0.3, -0.25) is 4.79 Å². The Hall–Kier alpha value is -2.56. The van der Waals surface area contributed by atoms with Crippen LogP contribution in [0.4, 0.5) is 13.2 Å². The normalized spacial score (nSPS) is 11.4. The predicted octanol–water partition coefficient (Wildman–Crippen LogP) is 5.03. The van der Waals surface area contributed by atoms with Crippen LogP contribution in [-0.4, -0.2) is 12.4 Å². The Morgan fingerprint density at radius 2 is 1.83 bits per heavy atom. The van der Waals surface area contributed by atoms with Crippen molar-refractivity contribution in [2.24, 2.45) is 0 Å². The SMILES string of the molecule is CCC(=CF)COc1ccc(C(=O)Cc2ccc(F)cc2)cc1F. The van der Waals surface area contributed by atoms with Crippen LogP contribution in [0.2, 0.25) is 0 Å². The quantitative estimate of drug-likeness (QED) is 0.664. The van der Waals surface area contributed by atoms with Gasteiger partial charge in [-0.1, -0.05) is 19.1 Å². The Balaban J connectivity index is 2.05. The molecule has 0 heterocycles. The van der Waals surface area contributed by atoms with E-state index in [4.69, 9.17) is 4.74 Å². The molecule has 0 aromatic heterocycles. The van der Waals surface area contributed by atoms with Crippen LogP contribution in [0.3, 0.4) is 0 Å². The van der Waals surface area contributed by atoms with Crippen molar-refractivity contribution < 1.29 is 22.7 Å². The third-order valence-electron chi connectivity index (χ3n) is 3.55. The molecule has 24 heavy (non-hydrogen) atoms. The number of rotatable bonds is 7. The average molecular weight is 334 g/mol. The number of ketones is 1. The van der Waals surface area contributed by atoms with Crippen molar-refractivity contribution in [2.45, 2.75) is 19.8 Å². The van der Waals surface area contributed by atoms with Gasteiger partial charge in [0.05, 0.1) is 6.33 Å². The van der Waals surface area contributed by atoms with Crippen LogP contribution in [-0.2, 0) is 6.42 Å². The fourth-order valence-corrected chi connectivity index (χ4v) is 2.06. The Labute approximate surface area is 138 Å². The fraction of sp³-hybridized carbons (Fsp3) is 0.211. The molecule has 0 aliphatic heterocycles. The molecule has 0 aliphatic carbocycles. The van der Waals surface area contributed by atoms with Gasteiger partial charge < -0.3 is 4.74 Å². The smallest absolute Gasteiger partial charge is 0.167 e. The molecule has 0 saturated heterocycles. The molecule has 0 saturated carbocycles. The monoisotopic (exact) mass is 334 g/mol. The molecule has 0 aliphatic rings. The van der Waals surface area contributed by atoms with Gasteiger partial charge in [0.1, 0.15) is 12.4 Å². The van der Waals surface area contributed by atoms with Gasteiger partial charge in [-0.15, -0.1) is 0 Å². The average Bonchev–Trinajstić information content (AvgIpc) is 2.59. The second-order valence-corrected chi connectivity index (χ2v) is 5.28. The molecule has 2 rings (SSSR count). The summed E-state index contributed by atoms with van der Waals surface area (Å²) in [5, 5.41) is 0. The van der Waals surface area contributed by atoms with Crippen molar-refractivity contribution >= 4 is 5.78 Å². The zero-order valence-corrected chi connectivity index (χ0v) is 13.2. The first-order valence-corrected chi connectivity index (χ1v) is 7.51. The number of Topliss-reactive ketones (excluding diaryl/α,β-unsaturated/α-hetero) is 1. The van der Waals surface area contributed by atoms with E-state index in [-0.39, 0.29) is 35.9 Å². The maximum atomic E-state index is 14.0. The Bertz CT molecular complexity index is 737. The minimum Gasteiger partial charge on any atom is -0.486 e.